The molecule has 0 bridgehead atoms. The molecule has 0 saturated heterocycles. The maximum atomic E-state index is 5.80. The number of unbranched alkanes of at least 4 members (excludes halogenated alkanes) is 2. The molecule has 0 aliphatic heterocycles. The van der Waals surface area contributed by atoms with E-state index in [0.29, 0.717) is 0 Å². The van der Waals surface area contributed by atoms with E-state index in [1.165, 1.54) is 36.8 Å². The van der Waals surface area contributed by atoms with Gasteiger partial charge in [-0.15, -0.1) is 6.42 Å². The predicted octanol–water partition coefficient (Wildman–Crippen LogP) is 4.57. The lowest BCUT2D eigenvalue weighted by Gasteiger charge is -2.28. The van der Waals surface area contributed by atoms with Crippen LogP contribution in [-0.2, 0) is 0 Å². The van der Waals surface area contributed by atoms with Crippen LogP contribution in [0.5, 0.6) is 0 Å². The van der Waals surface area contributed by atoms with Crippen LogP contribution >= 0.6 is 0 Å². The van der Waals surface area contributed by atoms with Crippen LogP contribution in [0.15, 0.2) is 24.3 Å². The summed E-state index contributed by atoms with van der Waals surface area (Å²) in [6.45, 7) is 8.77. The average molecular weight is 257 g/mol. The van der Waals surface area contributed by atoms with E-state index < -0.39 is 0 Å². The van der Waals surface area contributed by atoms with E-state index in [4.69, 9.17) is 6.42 Å². The standard InChI is InChI=1S/C18H27N/c1-5-8-14-19(15-9-6-2)18(7-3)17-12-10-16(4)11-13-17/h3,10-13,18H,5-6,8-9,14-15H2,1-2,4H3. The second kappa shape index (κ2) is 8.77. The molecule has 1 unspecified atom stereocenters. The van der Waals surface area contributed by atoms with Gasteiger partial charge in [0.05, 0.1) is 6.04 Å². The van der Waals surface area contributed by atoms with Crippen LogP contribution < -0.4 is 0 Å². The zero-order valence-corrected chi connectivity index (χ0v) is 12.7. The highest BCUT2D eigenvalue weighted by Crippen LogP contribution is 2.21. The molecule has 0 spiro atoms. The molecule has 0 aliphatic rings. The van der Waals surface area contributed by atoms with Crippen LogP contribution in [0.1, 0.15) is 56.7 Å². The van der Waals surface area contributed by atoms with Crippen LogP contribution in [0.25, 0.3) is 0 Å². The second-order valence-electron chi connectivity index (χ2n) is 5.22. The summed E-state index contributed by atoms with van der Waals surface area (Å²) in [6.07, 6.45) is 10.7. The topological polar surface area (TPSA) is 3.24 Å². The molecular formula is C18H27N. The number of benzene rings is 1. The fourth-order valence-corrected chi connectivity index (χ4v) is 2.25. The smallest absolute Gasteiger partial charge is 0.0968 e. The largest absolute Gasteiger partial charge is 0.286 e. The number of terminal acetylenes is 1. The van der Waals surface area contributed by atoms with E-state index in [1.807, 2.05) is 0 Å². The maximum absolute atomic E-state index is 5.80. The van der Waals surface area contributed by atoms with Gasteiger partial charge in [-0.2, -0.15) is 0 Å². The lowest BCUT2D eigenvalue weighted by atomic mass is 10.0. The van der Waals surface area contributed by atoms with Crippen LogP contribution in [0.4, 0.5) is 0 Å². The van der Waals surface area contributed by atoms with Crippen LogP contribution in [-0.4, -0.2) is 18.0 Å². The van der Waals surface area contributed by atoms with Crippen molar-refractivity contribution in [3.63, 3.8) is 0 Å². The van der Waals surface area contributed by atoms with Gasteiger partial charge in [-0.3, -0.25) is 4.90 Å². The molecule has 0 aromatic heterocycles. The Labute approximate surface area is 119 Å². The Bertz CT molecular complexity index is 377. The highest BCUT2D eigenvalue weighted by Gasteiger charge is 2.16. The molecule has 1 rings (SSSR count). The normalized spacial score (nSPS) is 12.4. The van der Waals surface area contributed by atoms with Gasteiger partial charge in [-0.05, 0) is 38.4 Å². The van der Waals surface area contributed by atoms with Gasteiger partial charge >= 0.3 is 0 Å². The SMILES string of the molecule is C#CC(c1ccc(C)cc1)N(CCCC)CCCC. The highest BCUT2D eigenvalue weighted by atomic mass is 15.1. The quantitative estimate of drug-likeness (QED) is 0.617. The lowest BCUT2D eigenvalue weighted by Crippen LogP contribution is -2.30. The molecule has 1 atom stereocenters. The van der Waals surface area contributed by atoms with Crippen molar-refractivity contribution < 1.29 is 0 Å². The minimum Gasteiger partial charge on any atom is -0.286 e. The van der Waals surface area contributed by atoms with Gasteiger partial charge in [-0.1, -0.05) is 62.4 Å². The average Bonchev–Trinajstić information content (AvgIpc) is 2.43. The van der Waals surface area contributed by atoms with Crippen molar-refractivity contribution in [2.24, 2.45) is 0 Å². The first-order valence-corrected chi connectivity index (χ1v) is 7.49. The van der Waals surface area contributed by atoms with Crippen molar-refractivity contribution in [2.75, 3.05) is 13.1 Å². The van der Waals surface area contributed by atoms with Crippen molar-refractivity contribution in [3.05, 3.63) is 35.4 Å². The summed E-state index contributed by atoms with van der Waals surface area (Å²) >= 11 is 0. The number of rotatable bonds is 8. The second-order valence-corrected chi connectivity index (χ2v) is 5.22. The van der Waals surface area contributed by atoms with Crippen molar-refractivity contribution in [2.45, 2.75) is 52.5 Å². The summed E-state index contributed by atoms with van der Waals surface area (Å²) in [5.74, 6) is 2.98. The van der Waals surface area contributed by atoms with Crippen molar-refractivity contribution in [1.29, 1.82) is 0 Å². The van der Waals surface area contributed by atoms with Crippen molar-refractivity contribution >= 4 is 0 Å². The minimum absolute atomic E-state index is 0.124. The summed E-state index contributed by atoms with van der Waals surface area (Å²) in [5, 5.41) is 0. The Morgan fingerprint density at radius 2 is 1.58 bits per heavy atom. The molecular weight excluding hydrogens is 230 g/mol. The molecule has 0 radical (unpaired) electrons. The molecule has 1 heteroatoms. The number of hydrogen-bond donors (Lipinski definition) is 0. The zero-order valence-electron chi connectivity index (χ0n) is 12.7. The fourth-order valence-electron chi connectivity index (χ4n) is 2.25. The van der Waals surface area contributed by atoms with E-state index in [9.17, 15) is 0 Å². The first-order valence-electron chi connectivity index (χ1n) is 7.49. The first-order chi connectivity index (χ1) is 9.22. The summed E-state index contributed by atoms with van der Waals surface area (Å²) < 4.78 is 0. The van der Waals surface area contributed by atoms with Crippen molar-refractivity contribution in [3.8, 4) is 12.3 Å². The highest BCUT2D eigenvalue weighted by molar-refractivity contribution is 5.29. The Kier molecular flexibility index (Phi) is 7.30. The third kappa shape index (κ3) is 5.09. The van der Waals surface area contributed by atoms with Gasteiger partial charge in [0.1, 0.15) is 0 Å². The zero-order chi connectivity index (χ0) is 14.1. The van der Waals surface area contributed by atoms with E-state index in [0.717, 1.165) is 13.1 Å². The number of nitrogens with zero attached hydrogens (tertiary/aromatic N) is 1. The van der Waals surface area contributed by atoms with E-state index in [1.54, 1.807) is 0 Å². The summed E-state index contributed by atoms with van der Waals surface area (Å²) in [5.41, 5.74) is 2.54. The van der Waals surface area contributed by atoms with Crippen LogP contribution in [0.3, 0.4) is 0 Å². The van der Waals surface area contributed by atoms with E-state index in [2.05, 4.69) is 55.9 Å². The Hall–Kier alpha value is -1.26. The monoisotopic (exact) mass is 257 g/mol. The third-order valence-electron chi connectivity index (χ3n) is 3.51. The van der Waals surface area contributed by atoms with E-state index >= 15 is 0 Å². The lowest BCUT2D eigenvalue weighted by molar-refractivity contribution is 0.230. The van der Waals surface area contributed by atoms with Gasteiger partial charge in [0.25, 0.3) is 0 Å². The molecule has 0 saturated carbocycles. The predicted molar refractivity (Wildman–Crippen MR) is 84.1 cm³/mol. The fraction of sp³-hybridized carbons (Fsp3) is 0.556. The summed E-state index contributed by atoms with van der Waals surface area (Å²) in [7, 11) is 0. The van der Waals surface area contributed by atoms with Crippen LogP contribution in [0.2, 0.25) is 0 Å². The summed E-state index contributed by atoms with van der Waals surface area (Å²) in [6, 6.07) is 8.77. The molecule has 0 N–H and O–H groups in total. The molecule has 0 amide bonds. The van der Waals surface area contributed by atoms with Gasteiger partial charge in [0.15, 0.2) is 0 Å². The van der Waals surface area contributed by atoms with Gasteiger partial charge in [-0.25, -0.2) is 0 Å². The van der Waals surface area contributed by atoms with Gasteiger partial charge in [0, 0.05) is 0 Å². The maximum Gasteiger partial charge on any atom is 0.0968 e. The van der Waals surface area contributed by atoms with Crippen LogP contribution in [0, 0.1) is 19.3 Å². The number of hydrogen-bond acceptors (Lipinski definition) is 1. The molecule has 1 aromatic rings. The molecule has 0 fully saturated rings. The molecule has 1 nitrogen and oxygen atoms in total. The van der Waals surface area contributed by atoms with Gasteiger partial charge in [0.2, 0.25) is 0 Å². The Morgan fingerprint density at radius 3 is 2.00 bits per heavy atom. The first kappa shape index (κ1) is 15.8. The molecule has 104 valence electrons. The van der Waals surface area contributed by atoms with E-state index in [-0.39, 0.29) is 6.04 Å². The summed E-state index contributed by atoms with van der Waals surface area (Å²) in [4.78, 5) is 2.46. The number of aryl methyl sites for hydroxylation is 1. The third-order valence-corrected chi connectivity index (χ3v) is 3.51. The molecule has 1 aromatic carbocycles. The Morgan fingerprint density at radius 1 is 1.05 bits per heavy atom. The Balaban J connectivity index is 2.82. The molecule has 19 heavy (non-hydrogen) atoms. The molecule has 0 aliphatic carbocycles. The minimum atomic E-state index is 0.124. The van der Waals surface area contributed by atoms with Crippen molar-refractivity contribution in [1.82, 2.24) is 4.90 Å². The van der Waals surface area contributed by atoms with Gasteiger partial charge < -0.3 is 0 Å². The molecule has 0 heterocycles.